The van der Waals surface area contributed by atoms with Crippen LogP contribution in [-0.4, -0.2) is 0 Å². The molecule has 0 unspecified atom stereocenters. The minimum Gasteiger partial charge on any atom is -0.485 e. The lowest BCUT2D eigenvalue weighted by Gasteiger charge is -2.18. The van der Waals surface area contributed by atoms with Crippen LogP contribution in [0.2, 0.25) is 0 Å². The normalized spacial score (nSPS) is 13.5. The maximum absolute atomic E-state index is 5.73. The first-order valence-corrected chi connectivity index (χ1v) is 5.35. The van der Waals surface area contributed by atoms with Crippen molar-refractivity contribution in [2.75, 3.05) is 0 Å². The van der Waals surface area contributed by atoms with Crippen LogP contribution in [0.15, 0.2) is 48.5 Å². The summed E-state index contributed by atoms with van der Waals surface area (Å²) in [5.41, 5.74) is 2.38. The molecule has 0 aliphatic carbocycles. The van der Waals surface area contributed by atoms with Gasteiger partial charge < -0.3 is 9.47 Å². The summed E-state index contributed by atoms with van der Waals surface area (Å²) in [4.78, 5) is 0. The van der Waals surface area contributed by atoms with E-state index in [-0.39, 0.29) is 0 Å². The first-order valence-electron chi connectivity index (χ1n) is 5.35. The maximum atomic E-state index is 5.73. The highest BCUT2D eigenvalue weighted by Crippen LogP contribution is 2.30. The minimum absolute atomic E-state index is 0.608. The summed E-state index contributed by atoms with van der Waals surface area (Å²) >= 11 is 0. The fourth-order valence-electron chi connectivity index (χ4n) is 1.84. The maximum Gasteiger partial charge on any atom is 0.161 e. The summed E-state index contributed by atoms with van der Waals surface area (Å²) in [5.74, 6) is 1.63. The van der Waals surface area contributed by atoms with Gasteiger partial charge in [-0.25, -0.2) is 0 Å². The Hall–Kier alpha value is -1.96. The fraction of sp³-hybridized carbons (Fsp3) is 0.143. The van der Waals surface area contributed by atoms with Gasteiger partial charge in [-0.05, 0) is 23.3 Å². The highest BCUT2D eigenvalue weighted by atomic mass is 16.5. The fourth-order valence-corrected chi connectivity index (χ4v) is 1.84. The predicted molar refractivity (Wildman–Crippen MR) is 61.5 cm³/mol. The van der Waals surface area contributed by atoms with Gasteiger partial charge in [0.25, 0.3) is 0 Å². The molecule has 0 fully saturated rings. The van der Waals surface area contributed by atoms with E-state index >= 15 is 0 Å². The summed E-state index contributed by atoms with van der Waals surface area (Å²) in [6.45, 7) is 1.22. The summed E-state index contributed by atoms with van der Waals surface area (Å²) in [5, 5.41) is 0. The average molecular weight is 212 g/mol. The van der Waals surface area contributed by atoms with Crippen LogP contribution in [0, 0.1) is 0 Å². The molecule has 0 aromatic heterocycles. The van der Waals surface area contributed by atoms with Gasteiger partial charge in [0.15, 0.2) is 11.5 Å². The lowest BCUT2D eigenvalue weighted by atomic mass is 10.1. The lowest BCUT2D eigenvalue weighted by molar-refractivity contribution is 0.237. The number of fused-ring (bicyclic) bond motifs is 2. The highest BCUT2D eigenvalue weighted by Gasteiger charge is 2.11. The molecule has 1 aliphatic heterocycles. The topological polar surface area (TPSA) is 18.5 Å². The Labute approximate surface area is 94.4 Å². The molecule has 0 atom stereocenters. The lowest BCUT2D eigenvalue weighted by Crippen LogP contribution is -2.08. The van der Waals surface area contributed by atoms with Crippen molar-refractivity contribution in [1.29, 1.82) is 0 Å². The molecule has 0 amide bonds. The first-order chi connectivity index (χ1) is 7.93. The summed E-state index contributed by atoms with van der Waals surface area (Å²) in [7, 11) is 0. The van der Waals surface area contributed by atoms with Crippen LogP contribution < -0.4 is 9.47 Å². The number of para-hydroxylation sites is 2. The molecule has 80 valence electrons. The third-order valence-electron chi connectivity index (χ3n) is 2.73. The van der Waals surface area contributed by atoms with E-state index in [0.717, 1.165) is 11.5 Å². The van der Waals surface area contributed by atoms with Gasteiger partial charge in [0.1, 0.15) is 13.2 Å². The second-order valence-electron chi connectivity index (χ2n) is 3.79. The molecule has 0 radical (unpaired) electrons. The summed E-state index contributed by atoms with van der Waals surface area (Å²) < 4.78 is 11.5. The number of hydrogen-bond acceptors (Lipinski definition) is 2. The Bertz CT molecular complexity index is 412. The van der Waals surface area contributed by atoms with Crippen molar-refractivity contribution in [2.24, 2.45) is 0 Å². The third-order valence-corrected chi connectivity index (χ3v) is 2.73. The smallest absolute Gasteiger partial charge is 0.161 e. The highest BCUT2D eigenvalue weighted by molar-refractivity contribution is 5.41. The van der Waals surface area contributed by atoms with Crippen LogP contribution >= 0.6 is 0 Å². The van der Waals surface area contributed by atoms with Gasteiger partial charge in [0.2, 0.25) is 0 Å². The summed E-state index contributed by atoms with van der Waals surface area (Å²) in [6, 6.07) is 16.0. The van der Waals surface area contributed by atoms with Gasteiger partial charge >= 0.3 is 0 Å². The number of ether oxygens (including phenoxy) is 2. The standard InChI is InChI=1S/C14H12O2/c1-2-6-12-10-16-14-8-4-3-7-13(14)15-9-11(12)5-1/h1-8H,9-10H2. The van der Waals surface area contributed by atoms with E-state index in [0.29, 0.717) is 13.2 Å². The van der Waals surface area contributed by atoms with E-state index in [1.54, 1.807) is 0 Å². The Morgan fingerprint density at radius 2 is 1.06 bits per heavy atom. The molecule has 0 saturated heterocycles. The molecule has 1 heterocycles. The molecule has 0 N–H and O–H groups in total. The van der Waals surface area contributed by atoms with Crippen molar-refractivity contribution in [3.63, 3.8) is 0 Å². The van der Waals surface area contributed by atoms with E-state index in [4.69, 9.17) is 9.47 Å². The van der Waals surface area contributed by atoms with Crippen molar-refractivity contribution >= 4 is 0 Å². The van der Waals surface area contributed by atoms with E-state index in [2.05, 4.69) is 12.1 Å². The van der Waals surface area contributed by atoms with Gasteiger partial charge in [-0.2, -0.15) is 0 Å². The second-order valence-corrected chi connectivity index (χ2v) is 3.79. The predicted octanol–water partition coefficient (Wildman–Crippen LogP) is 3.16. The number of hydrogen-bond donors (Lipinski definition) is 0. The zero-order chi connectivity index (χ0) is 10.8. The number of benzene rings is 2. The largest absolute Gasteiger partial charge is 0.485 e. The molecule has 0 bridgehead atoms. The SMILES string of the molecule is c1ccc2c(c1)COc1ccccc1OC2. The Balaban J connectivity index is 1.97. The van der Waals surface area contributed by atoms with Crippen LogP contribution in [0.3, 0.4) is 0 Å². The van der Waals surface area contributed by atoms with Gasteiger partial charge in [-0.1, -0.05) is 36.4 Å². The van der Waals surface area contributed by atoms with Gasteiger partial charge in [0, 0.05) is 0 Å². The van der Waals surface area contributed by atoms with E-state index in [1.807, 2.05) is 36.4 Å². The third kappa shape index (κ3) is 1.63. The molecule has 3 rings (SSSR count). The van der Waals surface area contributed by atoms with Crippen LogP contribution in [0.4, 0.5) is 0 Å². The zero-order valence-electron chi connectivity index (χ0n) is 8.85. The molecule has 16 heavy (non-hydrogen) atoms. The molecule has 1 aliphatic rings. The van der Waals surface area contributed by atoms with Crippen LogP contribution in [-0.2, 0) is 13.2 Å². The monoisotopic (exact) mass is 212 g/mol. The van der Waals surface area contributed by atoms with Crippen molar-refractivity contribution in [1.82, 2.24) is 0 Å². The van der Waals surface area contributed by atoms with E-state index < -0.39 is 0 Å². The van der Waals surface area contributed by atoms with Crippen molar-refractivity contribution < 1.29 is 9.47 Å². The minimum atomic E-state index is 0.608. The molecular formula is C14H12O2. The van der Waals surface area contributed by atoms with E-state index in [1.165, 1.54) is 11.1 Å². The van der Waals surface area contributed by atoms with Gasteiger partial charge in [-0.15, -0.1) is 0 Å². The molecule has 2 heteroatoms. The quantitative estimate of drug-likeness (QED) is 0.667. The molecule has 2 aromatic rings. The number of rotatable bonds is 0. The van der Waals surface area contributed by atoms with Crippen molar-refractivity contribution in [2.45, 2.75) is 13.2 Å². The zero-order valence-corrected chi connectivity index (χ0v) is 8.85. The Kier molecular flexibility index (Phi) is 2.26. The molecule has 2 aromatic carbocycles. The van der Waals surface area contributed by atoms with Crippen molar-refractivity contribution in [3.05, 3.63) is 59.7 Å². The van der Waals surface area contributed by atoms with Crippen molar-refractivity contribution in [3.8, 4) is 11.5 Å². The average Bonchev–Trinajstić information content (AvgIpc) is 2.32. The first kappa shape index (κ1) is 9.28. The molecule has 2 nitrogen and oxygen atoms in total. The Morgan fingerprint density at radius 3 is 1.56 bits per heavy atom. The summed E-state index contributed by atoms with van der Waals surface area (Å²) in [6.07, 6.45) is 0. The van der Waals surface area contributed by atoms with E-state index in [9.17, 15) is 0 Å². The second kappa shape index (κ2) is 3.89. The van der Waals surface area contributed by atoms with Gasteiger partial charge in [0.05, 0.1) is 0 Å². The molecule has 0 spiro atoms. The molecular weight excluding hydrogens is 200 g/mol. The van der Waals surface area contributed by atoms with Gasteiger partial charge in [-0.3, -0.25) is 0 Å². The molecule has 0 saturated carbocycles. The van der Waals surface area contributed by atoms with Crippen LogP contribution in [0.1, 0.15) is 11.1 Å². The van der Waals surface area contributed by atoms with Crippen LogP contribution in [0.5, 0.6) is 11.5 Å². The Morgan fingerprint density at radius 1 is 0.625 bits per heavy atom. The van der Waals surface area contributed by atoms with Crippen LogP contribution in [0.25, 0.3) is 0 Å².